The molecule has 1 N–H and O–H groups in total. The number of aromatic nitrogens is 2. The van der Waals surface area contributed by atoms with Gasteiger partial charge in [0.25, 0.3) is 0 Å². The van der Waals surface area contributed by atoms with Crippen LogP contribution >= 0.6 is 0 Å². The van der Waals surface area contributed by atoms with Crippen LogP contribution in [-0.4, -0.2) is 28.8 Å². The Labute approximate surface area is 135 Å². The van der Waals surface area contributed by atoms with E-state index in [1.165, 1.54) is 19.2 Å². The zero-order valence-corrected chi connectivity index (χ0v) is 13.2. The number of rotatable bonds is 5. The van der Waals surface area contributed by atoms with Crippen LogP contribution in [0.1, 0.15) is 32.6 Å². The Balaban J connectivity index is 1.52. The van der Waals surface area contributed by atoms with Crippen LogP contribution < -0.4 is 5.32 Å². The number of nitrogens with one attached hydrogen (secondary N) is 1. The molecule has 0 saturated heterocycles. The Hall–Kier alpha value is -2.21. The van der Waals surface area contributed by atoms with Gasteiger partial charge in [-0.2, -0.15) is 0 Å². The van der Waals surface area contributed by atoms with E-state index in [9.17, 15) is 4.79 Å². The van der Waals surface area contributed by atoms with Gasteiger partial charge in [-0.15, -0.1) is 10.2 Å². The fourth-order valence-corrected chi connectivity index (χ4v) is 2.95. The topological polar surface area (TPSA) is 77.2 Å². The first-order chi connectivity index (χ1) is 11.2. The van der Waals surface area contributed by atoms with Crippen molar-refractivity contribution in [3.05, 3.63) is 30.7 Å². The van der Waals surface area contributed by atoms with Crippen molar-refractivity contribution in [1.82, 2.24) is 10.2 Å². The molecule has 0 spiro atoms. The van der Waals surface area contributed by atoms with Gasteiger partial charge in [0.1, 0.15) is 6.61 Å². The molecule has 1 aliphatic carbocycles. The largest absolute Gasteiger partial charge is 0.423 e. The maximum atomic E-state index is 12.0. The number of nitrogens with zero attached hydrogens (tertiary/aromatic N) is 2. The zero-order chi connectivity index (χ0) is 16.1. The number of carbonyl (C=O) groups is 1. The lowest BCUT2D eigenvalue weighted by molar-refractivity contribution is -0.123. The van der Waals surface area contributed by atoms with E-state index >= 15 is 0 Å². The fraction of sp³-hybridized carbons (Fsp3) is 0.471. The standard InChI is InChI=1S/C17H21N3O3/c1-12-4-2-7-15(8-12)22-10-16(21)19-14-6-3-5-13(9-14)17-20-18-11-23-17/h3,5-6,9,11-12,15H,2,4,7-8,10H2,1H3,(H,19,21)/t12-,15-/m0/s1. The number of hydrogen-bond acceptors (Lipinski definition) is 5. The number of ether oxygens (including phenoxy) is 1. The van der Waals surface area contributed by atoms with Crippen molar-refractivity contribution in [2.24, 2.45) is 5.92 Å². The van der Waals surface area contributed by atoms with Gasteiger partial charge >= 0.3 is 0 Å². The van der Waals surface area contributed by atoms with Crippen molar-refractivity contribution in [2.45, 2.75) is 38.7 Å². The number of carbonyl (C=O) groups excluding carboxylic acids is 1. The first-order valence-electron chi connectivity index (χ1n) is 7.99. The summed E-state index contributed by atoms with van der Waals surface area (Å²) in [6, 6.07) is 7.30. The second-order valence-corrected chi connectivity index (χ2v) is 6.08. The Morgan fingerprint density at radius 3 is 3.13 bits per heavy atom. The molecule has 0 unspecified atom stereocenters. The van der Waals surface area contributed by atoms with Crippen LogP contribution in [0.3, 0.4) is 0 Å². The highest BCUT2D eigenvalue weighted by Crippen LogP contribution is 2.25. The van der Waals surface area contributed by atoms with E-state index in [4.69, 9.17) is 9.15 Å². The molecule has 23 heavy (non-hydrogen) atoms. The van der Waals surface area contributed by atoms with Crippen LogP contribution in [-0.2, 0) is 9.53 Å². The van der Waals surface area contributed by atoms with Crippen molar-refractivity contribution in [3.63, 3.8) is 0 Å². The molecule has 0 bridgehead atoms. The van der Waals surface area contributed by atoms with Gasteiger partial charge in [-0.25, -0.2) is 0 Å². The summed E-state index contributed by atoms with van der Waals surface area (Å²) < 4.78 is 10.9. The minimum atomic E-state index is -0.147. The quantitative estimate of drug-likeness (QED) is 0.916. The maximum Gasteiger partial charge on any atom is 0.250 e. The van der Waals surface area contributed by atoms with E-state index in [-0.39, 0.29) is 18.6 Å². The maximum absolute atomic E-state index is 12.0. The van der Waals surface area contributed by atoms with Gasteiger partial charge in [-0.3, -0.25) is 4.79 Å². The van der Waals surface area contributed by atoms with E-state index in [0.29, 0.717) is 17.5 Å². The lowest BCUT2D eigenvalue weighted by Crippen LogP contribution is -2.26. The van der Waals surface area contributed by atoms with E-state index in [1.807, 2.05) is 18.2 Å². The number of amides is 1. The van der Waals surface area contributed by atoms with Gasteiger partial charge in [-0.05, 0) is 37.0 Å². The third-order valence-electron chi connectivity index (χ3n) is 4.09. The van der Waals surface area contributed by atoms with Gasteiger partial charge in [0.2, 0.25) is 18.2 Å². The predicted octanol–water partition coefficient (Wildman–Crippen LogP) is 3.27. The number of hydrogen-bond donors (Lipinski definition) is 1. The van der Waals surface area contributed by atoms with Crippen molar-refractivity contribution in [1.29, 1.82) is 0 Å². The summed E-state index contributed by atoms with van der Waals surface area (Å²) in [6.45, 7) is 2.32. The smallest absolute Gasteiger partial charge is 0.250 e. The molecule has 1 aromatic carbocycles. The van der Waals surface area contributed by atoms with E-state index in [0.717, 1.165) is 18.4 Å². The highest BCUT2D eigenvalue weighted by Gasteiger charge is 2.20. The minimum Gasteiger partial charge on any atom is -0.423 e. The molecular weight excluding hydrogens is 294 g/mol. The first kappa shape index (κ1) is 15.7. The summed E-state index contributed by atoms with van der Waals surface area (Å²) >= 11 is 0. The second-order valence-electron chi connectivity index (χ2n) is 6.08. The molecule has 6 nitrogen and oxygen atoms in total. The summed E-state index contributed by atoms with van der Waals surface area (Å²) in [5.74, 6) is 0.961. The van der Waals surface area contributed by atoms with Gasteiger partial charge < -0.3 is 14.5 Å². The predicted molar refractivity (Wildman–Crippen MR) is 85.7 cm³/mol. The van der Waals surface area contributed by atoms with Crippen LogP contribution in [0, 0.1) is 5.92 Å². The molecule has 2 aromatic rings. The van der Waals surface area contributed by atoms with Gasteiger partial charge in [0, 0.05) is 11.3 Å². The summed E-state index contributed by atoms with van der Waals surface area (Å²) in [7, 11) is 0. The van der Waals surface area contributed by atoms with Crippen LogP contribution in [0.25, 0.3) is 11.5 Å². The van der Waals surface area contributed by atoms with Crippen molar-refractivity contribution < 1.29 is 13.9 Å². The lowest BCUT2D eigenvalue weighted by Gasteiger charge is -2.26. The van der Waals surface area contributed by atoms with Crippen molar-refractivity contribution in [3.8, 4) is 11.5 Å². The summed E-state index contributed by atoms with van der Waals surface area (Å²) in [5.41, 5.74) is 1.45. The Bertz CT molecular complexity index is 642. The third-order valence-corrected chi connectivity index (χ3v) is 4.09. The van der Waals surface area contributed by atoms with Crippen molar-refractivity contribution >= 4 is 11.6 Å². The molecule has 2 atom stereocenters. The summed E-state index contributed by atoms with van der Waals surface area (Å²) in [4.78, 5) is 12.0. The van der Waals surface area contributed by atoms with Crippen molar-refractivity contribution in [2.75, 3.05) is 11.9 Å². The summed E-state index contributed by atoms with van der Waals surface area (Å²) in [5, 5.41) is 10.4. The van der Waals surface area contributed by atoms with Crippen LogP contribution in [0.15, 0.2) is 35.1 Å². The molecule has 1 amide bonds. The Kier molecular flexibility index (Phi) is 5.02. The average molecular weight is 315 g/mol. The Morgan fingerprint density at radius 2 is 2.35 bits per heavy atom. The van der Waals surface area contributed by atoms with Crippen LogP contribution in [0.5, 0.6) is 0 Å². The van der Waals surface area contributed by atoms with E-state index < -0.39 is 0 Å². The second kappa shape index (κ2) is 7.37. The van der Waals surface area contributed by atoms with Gasteiger partial charge in [0.15, 0.2) is 0 Å². The molecule has 122 valence electrons. The highest BCUT2D eigenvalue weighted by molar-refractivity contribution is 5.92. The normalized spacial score (nSPS) is 21.1. The zero-order valence-electron chi connectivity index (χ0n) is 13.2. The molecular formula is C17H21N3O3. The highest BCUT2D eigenvalue weighted by atomic mass is 16.5. The van der Waals surface area contributed by atoms with Crippen LogP contribution in [0.4, 0.5) is 5.69 Å². The van der Waals surface area contributed by atoms with Gasteiger partial charge in [0.05, 0.1) is 6.10 Å². The molecule has 1 aromatic heterocycles. The number of benzene rings is 1. The molecule has 1 aliphatic rings. The van der Waals surface area contributed by atoms with Crippen LogP contribution in [0.2, 0.25) is 0 Å². The molecule has 3 rings (SSSR count). The molecule has 1 fully saturated rings. The monoisotopic (exact) mass is 315 g/mol. The molecule has 0 radical (unpaired) electrons. The lowest BCUT2D eigenvalue weighted by atomic mass is 9.89. The molecule has 1 saturated carbocycles. The van der Waals surface area contributed by atoms with E-state index in [2.05, 4.69) is 22.4 Å². The summed E-state index contributed by atoms with van der Waals surface area (Å²) in [6.07, 6.45) is 6.01. The molecule has 1 heterocycles. The minimum absolute atomic E-state index is 0.0855. The molecule has 6 heteroatoms. The third kappa shape index (κ3) is 4.39. The van der Waals surface area contributed by atoms with Gasteiger partial charge in [-0.1, -0.05) is 25.8 Å². The SMILES string of the molecule is C[C@H]1CCC[C@H](OCC(=O)Nc2cccc(-c3nnco3)c2)C1. The fourth-order valence-electron chi connectivity index (χ4n) is 2.95. The Morgan fingerprint density at radius 1 is 1.43 bits per heavy atom. The number of anilines is 1. The first-order valence-corrected chi connectivity index (χ1v) is 7.99. The average Bonchev–Trinajstić information content (AvgIpc) is 3.08. The molecule has 0 aliphatic heterocycles. The van der Waals surface area contributed by atoms with E-state index in [1.54, 1.807) is 6.07 Å².